The number of hydrogen-bond donors (Lipinski definition) is 1. The number of aromatic nitrogens is 3. The Morgan fingerprint density at radius 3 is 2.41 bits per heavy atom. The molecule has 3 aromatic carbocycles. The second kappa shape index (κ2) is 7.02. The summed E-state index contributed by atoms with van der Waals surface area (Å²) in [5.41, 5.74) is 1.01. The smallest absolute Gasteiger partial charge is 0.264 e. The predicted octanol–water partition coefficient (Wildman–Crippen LogP) is 3.93. The number of nitrogens with zero attached hydrogens (tertiary/aromatic N) is 3. The lowest BCUT2D eigenvalue weighted by Crippen LogP contribution is -2.17. The van der Waals surface area contributed by atoms with Crippen molar-refractivity contribution in [2.75, 3.05) is 4.72 Å². The molecule has 0 bridgehead atoms. The van der Waals surface area contributed by atoms with E-state index < -0.39 is 10.0 Å². The lowest BCUT2D eigenvalue weighted by atomic mass is 10.1. The maximum Gasteiger partial charge on any atom is 0.264 e. The molecule has 0 saturated heterocycles. The van der Waals surface area contributed by atoms with E-state index in [0.717, 1.165) is 5.56 Å². The van der Waals surface area contributed by atoms with Crippen LogP contribution in [0.1, 0.15) is 5.56 Å². The molecule has 4 aromatic rings. The summed E-state index contributed by atoms with van der Waals surface area (Å²) >= 11 is 6.20. The molecule has 0 aliphatic heterocycles. The minimum absolute atomic E-state index is 0.136. The third-order valence-corrected chi connectivity index (χ3v) is 5.87. The Balaban J connectivity index is 1.70. The fourth-order valence-corrected chi connectivity index (χ4v) is 4.32. The molecule has 0 spiro atoms. The van der Waals surface area contributed by atoms with Crippen LogP contribution in [-0.4, -0.2) is 23.2 Å². The molecule has 0 atom stereocenters. The van der Waals surface area contributed by atoms with Crippen molar-refractivity contribution < 1.29 is 8.42 Å². The van der Waals surface area contributed by atoms with Crippen LogP contribution in [0.2, 0.25) is 5.02 Å². The van der Waals surface area contributed by atoms with Crippen molar-refractivity contribution in [3.05, 3.63) is 83.6 Å². The molecule has 1 N–H and O–H groups in total. The van der Waals surface area contributed by atoms with E-state index in [4.69, 9.17) is 11.6 Å². The van der Waals surface area contributed by atoms with E-state index >= 15 is 0 Å². The van der Waals surface area contributed by atoms with Crippen LogP contribution in [-0.2, 0) is 16.6 Å². The van der Waals surface area contributed by atoms with Crippen LogP contribution in [0.25, 0.3) is 10.8 Å². The maximum atomic E-state index is 13.0. The number of anilines is 1. The summed E-state index contributed by atoms with van der Waals surface area (Å²) in [5.74, 6) is 0.151. The Morgan fingerprint density at radius 1 is 0.926 bits per heavy atom. The van der Waals surface area contributed by atoms with Gasteiger partial charge in [-0.2, -0.15) is 0 Å². The van der Waals surface area contributed by atoms with Gasteiger partial charge in [0.1, 0.15) is 6.33 Å². The zero-order valence-corrected chi connectivity index (χ0v) is 15.7. The van der Waals surface area contributed by atoms with Crippen LogP contribution >= 0.6 is 11.6 Å². The SMILES string of the molecule is O=S(=O)(Nc1nncn1Cc1ccccc1)c1ccc(Cl)c2ccccc12. The normalized spacial score (nSPS) is 11.6. The van der Waals surface area contributed by atoms with E-state index in [1.165, 1.54) is 12.4 Å². The first-order chi connectivity index (χ1) is 13.0. The molecule has 0 fully saturated rings. The number of nitrogens with one attached hydrogen (secondary N) is 1. The minimum Gasteiger partial charge on any atom is -0.295 e. The molecule has 1 aromatic heterocycles. The van der Waals surface area contributed by atoms with E-state index in [0.29, 0.717) is 22.3 Å². The summed E-state index contributed by atoms with van der Waals surface area (Å²) in [4.78, 5) is 0.136. The molecule has 6 nitrogen and oxygen atoms in total. The third-order valence-electron chi connectivity index (χ3n) is 4.16. The highest BCUT2D eigenvalue weighted by molar-refractivity contribution is 7.93. The number of rotatable bonds is 5. The molecule has 136 valence electrons. The third kappa shape index (κ3) is 3.51. The van der Waals surface area contributed by atoms with E-state index in [1.807, 2.05) is 36.4 Å². The number of hydrogen-bond acceptors (Lipinski definition) is 4. The van der Waals surface area contributed by atoms with Gasteiger partial charge in [-0.05, 0) is 17.7 Å². The van der Waals surface area contributed by atoms with Crippen LogP contribution in [0.5, 0.6) is 0 Å². The molecule has 27 heavy (non-hydrogen) atoms. The van der Waals surface area contributed by atoms with Crippen LogP contribution in [0.15, 0.2) is 78.0 Å². The highest BCUT2D eigenvalue weighted by Gasteiger charge is 2.21. The number of benzene rings is 3. The van der Waals surface area contributed by atoms with Gasteiger partial charge in [0.15, 0.2) is 0 Å². The van der Waals surface area contributed by atoms with Crippen molar-refractivity contribution in [3.63, 3.8) is 0 Å². The zero-order valence-electron chi connectivity index (χ0n) is 14.1. The van der Waals surface area contributed by atoms with E-state index in [9.17, 15) is 8.42 Å². The monoisotopic (exact) mass is 398 g/mol. The largest absolute Gasteiger partial charge is 0.295 e. The van der Waals surface area contributed by atoms with Crippen molar-refractivity contribution >= 4 is 38.3 Å². The second-order valence-electron chi connectivity index (χ2n) is 5.96. The van der Waals surface area contributed by atoms with Gasteiger partial charge in [0.25, 0.3) is 10.0 Å². The van der Waals surface area contributed by atoms with Gasteiger partial charge in [0.05, 0.1) is 11.4 Å². The molecule has 0 amide bonds. The van der Waals surface area contributed by atoms with Crippen LogP contribution in [0, 0.1) is 0 Å². The van der Waals surface area contributed by atoms with Gasteiger partial charge < -0.3 is 0 Å². The molecule has 0 saturated carbocycles. The Kier molecular flexibility index (Phi) is 4.55. The standard InChI is InChI=1S/C19H15ClN4O2S/c20-17-10-11-18(16-9-5-4-8-15(16)17)27(25,26)23-19-22-21-13-24(19)12-14-6-2-1-3-7-14/h1-11,13H,12H2,(H,22,23). The molecule has 0 radical (unpaired) electrons. The van der Waals surface area contributed by atoms with Crippen LogP contribution < -0.4 is 4.72 Å². The van der Waals surface area contributed by atoms with Gasteiger partial charge >= 0.3 is 0 Å². The maximum absolute atomic E-state index is 13.0. The number of fused-ring (bicyclic) bond motifs is 1. The van der Waals surface area contributed by atoms with Crippen molar-refractivity contribution in [1.29, 1.82) is 0 Å². The predicted molar refractivity (Wildman–Crippen MR) is 105 cm³/mol. The van der Waals surface area contributed by atoms with Gasteiger partial charge in [0.2, 0.25) is 5.95 Å². The zero-order chi connectivity index (χ0) is 18.9. The summed E-state index contributed by atoms with van der Waals surface area (Å²) in [6, 6.07) is 19.8. The molecular formula is C19H15ClN4O2S. The average molecular weight is 399 g/mol. The Hall–Kier alpha value is -2.90. The number of halogens is 1. The highest BCUT2D eigenvalue weighted by Crippen LogP contribution is 2.30. The van der Waals surface area contributed by atoms with Gasteiger partial charge in [0, 0.05) is 15.8 Å². The summed E-state index contributed by atoms with van der Waals surface area (Å²) in [6.07, 6.45) is 1.49. The fourth-order valence-electron chi connectivity index (χ4n) is 2.87. The van der Waals surface area contributed by atoms with Gasteiger partial charge in [-0.25, -0.2) is 13.1 Å². The Morgan fingerprint density at radius 2 is 1.63 bits per heavy atom. The Labute approximate surface area is 161 Å². The number of sulfonamides is 1. The molecule has 4 rings (SSSR count). The Bertz CT molecular complexity index is 1210. The topological polar surface area (TPSA) is 76.9 Å². The molecule has 1 heterocycles. The second-order valence-corrected chi connectivity index (χ2v) is 8.02. The molecule has 0 unspecified atom stereocenters. The first-order valence-electron chi connectivity index (χ1n) is 8.16. The molecule has 0 aliphatic rings. The van der Waals surface area contributed by atoms with Crippen molar-refractivity contribution in [3.8, 4) is 0 Å². The lowest BCUT2D eigenvalue weighted by molar-refractivity contribution is 0.601. The van der Waals surface area contributed by atoms with Crippen LogP contribution in [0.3, 0.4) is 0 Å². The fraction of sp³-hybridized carbons (Fsp3) is 0.0526. The summed E-state index contributed by atoms with van der Waals surface area (Å²) in [6.45, 7) is 0.451. The highest BCUT2D eigenvalue weighted by atomic mass is 35.5. The van der Waals surface area contributed by atoms with Crippen molar-refractivity contribution in [2.24, 2.45) is 0 Å². The van der Waals surface area contributed by atoms with Crippen LogP contribution in [0.4, 0.5) is 5.95 Å². The van der Waals surface area contributed by atoms with Gasteiger partial charge in [-0.1, -0.05) is 66.2 Å². The summed E-state index contributed by atoms with van der Waals surface area (Å²) < 4.78 is 30.2. The van der Waals surface area contributed by atoms with E-state index in [1.54, 1.807) is 28.8 Å². The van der Waals surface area contributed by atoms with E-state index in [-0.39, 0.29) is 10.8 Å². The first kappa shape index (κ1) is 17.5. The average Bonchev–Trinajstić information content (AvgIpc) is 3.09. The van der Waals surface area contributed by atoms with Gasteiger partial charge in [-0.3, -0.25) is 4.57 Å². The quantitative estimate of drug-likeness (QED) is 0.552. The molecular weight excluding hydrogens is 384 g/mol. The van der Waals surface area contributed by atoms with Crippen molar-refractivity contribution in [1.82, 2.24) is 14.8 Å². The molecule has 0 aliphatic carbocycles. The van der Waals surface area contributed by atoms with Gasteiger partial charge in [-0.15, -0.1) is 10.2 Å². The summed E-state index contributed by atoms with van der Waals surface area (Å²) in [5, 5.41) is 9.47. The van der Waals surface area contributed by atoms with E-state index in [2.05, 4.69) is 14.9 Å². The summed E-state index contributed by atoms with van der Waals surface area (Å²) in [7, 11) is -3.87. The molecule has 8 heteroatoms. The lowest BCUT2D eigenvalue weighted by Gasteiger charge is -2.12. The van der Waals surface area contributed by atoms with Crippen molar-refractivity contribution in [2.45, 2.75) is 11.4 Å². The first-order valence-corrected chi connectivity index (χ1v) is 10.0. The minimum atomic E-state index is -3.87.